The SMILES string of the molecule is COc1ccc(C(c2cccc(NC(=O)OC(C)(C)C)c2)N2C(=O)c3cccc(OS(C)(=O)=O)c3C2=O)cc1OC. The Bertz CT molecular complexity index is 1630. The Morgan fingerprint density at radius 3 is 2.15 bits per heavy atom. The third-order valence-corrected chi connectivity index (χ3v) is 6.46. The number of ether oxygens (including phenoxy) is 3. The molecule has 0 aromatic heterocycles. The second kappa shape index (κ2) is 11.1. The molecule has 1 atom stereocenters. The maximum absolute atomic E-state index is 13.9. The van der Waals surface area contributed by atoms with Crippen LogP contribution in [0.3, 0.4) is 0 Å². The number of methoxy groups -OCH3 is 2. The molecule has 3 amide bonds. The van der Waals surface area contributed by atoms with Crippen LogP contribution in [0.15, 0.2) is 60.7 Å². The first-order chi connectivity index (χ1) is 19.2. The molecule has 3 aromatic carbocycles. The zero-order chi connectivity index (χ0) is 30.1. The summed E-state index contributed by atoms with van der Waals surface area (Å²) in [4.78, 5) is 41.1. The lowest BCUT2D eigenvalue weighted by molar-refractivity contribution is 0.0601. The average molecular weight is 583 g/mol. The molecule has 1 aliphatic heterocycles. The summed E-state index contributed by atoms with van der Waals surface area (Å²) in [5, 5.41) is 2.67. The molecular weight excluding hydrogens is 552 g/mol. The molecule has 1 unspecified atom stereocenters. The van der Waals surface area contributed by atoms with Crippen LogP contribution in [0.25, 0.3) is 0 Å². The molecule has 0 radical (unpaired) electrons. The van der Waals surface area contributed by atoms with Gasteiger partial charge in [-0.05, 0) is 68.3 Å². The molecule has 0 bridgehead atoms. The number of hydrogen-bond acceptors (Lipinski definition) is 9. The molecule has 216 valence electrons. The highest BCUT2D eigenvalue weighted by molar-refractivity contribution is 7.86. The van der Waals surface area contributed by atoms with Crippen LogP contribution in [0.1, 0.15) is 58.7 Å². The van der Waals surface area contributed by atoms with E-state index in [1.807, 2.05) is 0 Å². The molecule has 0 saturated carbocycles. The van der Waals surface area contributed by atoms with Crippen LogP contribution >= 0.6 is 0 Å². The van der Waals surface area contributed by atoms with E-state index in [4.69, 9.17) is 18.4 Å². The predicted octanol–water partition coefficient (Wildman–Crippen LogP) is 4.77. The van der Waals surface area contributed by atoms with Crippen LogP contribution in [-0.2, 0) is 14.9 Å². The Balaban J connectivity index is 1.85. The third-order valence-electron chi connectivity index (χ3n) is 5.98. The lowest BCUT2D eigenvalue weighted by atomic mass is 9.96. The number of nitrogens with one attached hydrogen (secondary N) is 1. The number of benzene rings is 3. The summed E-state index contributed by atoms with van der Waals surface area (Å²) in [6.07, 6.45) is 0.168. The highest BCUT2D eigenvalue weighted by atomic mass is 32.2. The summed E-state index contributed by atoms with van der Waals surface area (Å²) in [5.41, 5.74) is 0.402. The van der Waals surface area contributed by atoms with E-state index in [-0.39, 0.29) is 16.9 Å². The number of carbonyl (C=O) groups is 3. The Kier molecular flexibility index (Phi) is 7.98. The molecule has 41 heavy (non-hydrogen) atoms. The van der Waals surface area contributed by atoms with Crippen LogP contribution in [0.2, 0.25) is 0 Å². The zero-order valence-corrected chi connectivity index (χ0v) is 24.2. The topological polar surface area (TPSA) is 138 Å². The lowest BCUT2D eigenvalue weighted by Gasteiger charge is -2.28. The minimum Gasteiger partial charge on any atom is -0.493 e. The molecule has 1 heterocycles. The van der Waals surface area contributed by atoms with Gasteiger partial charge in [0.2, 0.25) is 0 Å². The Hall–Kier alpha value is -4.58. The fraction of sp³-hybridized carbons (Fsp3) is 0.276. The standard InChI is InChI=1S/C29H30N2O9S/c1-29(2,3)39-28(34)30-19-10-7-9-17(15-19)25(18-13-14-21(37-4)23(16-18)38-5)31-26(32)20-11-8-12-22(24(20)27(31)33)40-41(6,35)36/h7-16,25H,1-6H3,(H,30,34). The van der Waals surface area contributed by atoms with Gasteiger partial charge in [-0.1, -0.05) is 24.3 Å². The van der Waals surface area contributed by atoms with Gasteiger partial charge in [0.1, 0.15) is 5.60 Å². The van der Waals surface area contributed by atoms with Crippen LogP contribution in [0.4, 0.5) is 10.5 Å². The summed E-state index contributed by atoms with van der Waals surface area (Å²) in [5.74, 6) is -0.877. The fourth-order valence-corrected chi connectivity index (χ4v) is 4.93. The Morgan fingerprint density at radius 2 is 1.51 bits per heavy atom. The lowest BCUT2D eigenvalue weighted by Crippen LogP contribution is -2.35. The highest BCUT2D eigenvalue weighted by Crippen LogP contribution is 2.41. The normalized spacial score (nSPS) is 13.9. The number of carbonyl (C=O) groups excluding carboxylic acids is 3. The van der Waals surface area contributed by atoms with Crippen molar-refractivity contribution < 1.29 is 41.2 Å². The molecular formula is C29H30N2O9S. The van der Waals surface area contributed by atoms with Crippen molar-refractivity contribution in [3.8, 4) is 17.2 Å². The van der Waals surface area contributed by atoms with Gasteiger partial charge >= 0.3 is 16.2 Å². The van der Waals surface area contributed by atoms with Crippen LogP contribution in [0.5, 0.6) is 17.2 Å². The van der Waals surface area contributed by atoms with Crippen LogP contribution in [0, 0.1) is 0 Å². The number of hydrogen-bond donors (Lipinski definition) is 1. The molecule has 12 heteroatoms. The van der Waals surface area contributed by atoms with Gasteiger partial charge in [-0.15, -0.1) is 0 Å². The smallest absolute Gasteiger partial charge is 0.412 e. The van der Waals surface area contributed by atoms with Crippen molar-refractivity contribution in [2.24, 2.45) is 0 Å². The van der Waals surface area contributed by atoms with Gasteiger partial charge in [0.25, 0.3) is 11.8 Å². The summed E-state index contributed by atoms with van der Waals surface area (Å²) in [6.45, 7) is 5.21. The van der Waals surface area contributed by atoms with Crippen molar-refractivity contribution in [2.45, 2.75) is 32.4 Å². The largest absolute Gasteiger partial charge is 0.493 e. The minimum absolute atomic E-state index is 0.00957. The van der Waals surface area contributed by atoms with Gasteiger partial charge in [0.05, 0.1) is 37.6 Å². The number of nitrogens with zero attached hydrogens (tertiary/aromatic N) is 1. The quantitative estimate of drug-likeness (QED) is 0.294. The summed E-state index contributed by atoms with van der Waals surface area (Å²) in [7, 11) is -1.06. The van der Waals surface area contributed by atoms with E-state index < -0.39 is 39.7 Å². The van der Waals surface area contributed by atoms with E-state index in [1.54, 1.807) is 63.2 Å². The first-order valence-electron chi connectivity index (χ1n) is 12.4. The maximum atomic E-state index is 13.9. The van der Waals surface area contributed by atoms with Gasteiger partial charge < -0.3 is 18.4 Å². The average Bonchev–Trinajstić information content (AvgIpc) is 3.13. The van der Waals surface area contributed by atoms with E-state index in [0.29, 0.717) is 28.3 Å². The summed E-state index contributed by atoms with van der Waals surface area (Å²) < 4.78 is 45.0. The minimum atomic E-state index is -3.99. The summed E-state index contributed by atoms with van der Waals surface area (Å²) >= 11 is 0. The monoisotopic (exact) mass is 582 g/mol. The molecule has 11 nitrogen and oxygen atoms in total. The summed E-state index contributed by atoms with van der Waals surface area (Å²) in [6, 6.07) is 14.7. The van der Waals surface area contributed by atoms with Gasteiger partial charge in [-0.25, -0.2) is 4.79 Å². The molecule has 0 saturated heterocycles. The van der Waals surface area contributed by atoms with E-state index in [1.165, 1.54) is 32.4 Å². The third kappa shape index (κ3) is 6.43. The molecule has 4 rings (SSSR count). The molecule has 1 N–H and O–H groups in total. The molecule has 1 aliphatic rings. The van der Waals surface area contributed by atoms with Crippen molar-refractivity contribution in [2.75, 3.05) is 25.8 Å². The second-order valence-corrected chi connectivity index (χ2v) is 11.8. The molecule has 0 fully saturated rings. The molecule has 0 spiro atoms. The number of amides is 3. The van der Waals surface area contributed by atoms with Crippen molar-refractivity contribution in [3.05, 3.63) is 82.9 Å². The predicted molar refractivity (Wildman–Crippen MR) is 150 cm³/mol. The van der Waals surface area contributed by atoms with Gasteiger partial charge in [-0.2, -0.15) is 8.42 Å². The zero-order valence-electron chi connectivity index (χ0n) is 23.4. The maximum Gasteiger partial charge on any atom is 0.412 e. The van der Waals surface area contributed by atoms with Crippen LogP contribution in [-0.4, -0.2) is 57.3 Å². The molecule has 0 aliphatic carbocycles. The first-order valence-corrected chi connectivity index (χ1v) is 14.3. The van der Waals surface area contributed by atoms with E-state index >= 15 is 0 Å². The number of anilines is 1. The van der Waals surface area contributed by atoms with Gasteiger partial charge in [0.15, 0.2) is 17.2 Å². The Labute approximate surface area is 238 Å². The van der Waals surface area contributed by atoms with Crippen molar-refractivity contribution >= 4 is 33.7 Å². The van der Waals surface area contributed by atoms with Crippen molar-refractivity contribution in [1.82, 2.24) is 4.90 Å². The number of fused-ring (bicyclic) bond motifs is 1. The van der Waals surface area contributed by atoms with E-state index in [9.17, 15) is 22.8 Å². The Morgan fingerprint density at radius 1 is 0.854 bits per heavy atom. The second-order valence-electron chi connectivity index (χ2n) is 10.2. The van der Waals surface area contributed by atoms with E-state index in [0.717, 1.165) is 11.2 Å². The molecule has 3 aromatic rings. The number of imide groups is 1. The van der Waals surface area contributed by atoms with Gasteiger partial charge in [0, 0.05) is 5.69 Å². The number of rotatable bonds is 8. The fourth-order valence-electron chi connectivity index (χ4n) is 4.46. The van der Waals surface area contributed by atoms with Gasteiger partial charge in [-0.3, -0.25) is 19.8 Å². The van der Waals surface area contributed by atoms with Crippen molar-refractivity contribution in [3.63, 3.8) is 0 Å². The van der Waals surface area contributed by atoms with E-state index in [2.05, 4.69) is 5.32 Å². The van der Waals surface area contributed by atoms with Crippen LogP contribution < -0.4 is 19.0 Å². The van der Waals surface area contributed by atoms with Crippen molar-refractivity contribution in [1.29, 1.82) is 0 Å². The first kappa shape index (κ1) is 29.4. The highest BCUT2D eigenvalue weighted by Gasteiger charge is 2.44.